The van der Waals surface area contributed by atoms with Crippen LogP contribution in [0.25, 0.3) is 5.73 Å². The molecule has 0 aliphatic carbocycles. The number of hydrogen-bond donors (Lipinski definition) is 0. The summed E-state index contributed by atoms with van der Waals surface area (Å²) in [7, 11) is 0. The average molecular weight is 192 g/mol. The van der Waals surface area contributed by atoms with Crippen LogP contribution in [0.2, 0.25) is 0 Å². The quantitative estimate of drug-likeness (QED) is 0.643. The third-order valence-corrected chi connectivity index (χ3v) is 1.88. The molecule has 0 fully saturated rings. The van der Waals surface area contributed by atoms with Crippen molar-refractivity contribution < 1.29 is 25.8 Å². The molecule has 0 saturated heterocycles. The van der Waals surface area contributed by atoms with Crippen LogP contribution in [-0.4, -0.2) is 6.54 Å². The molecular weight excluding hydrogens is 179 g/mol. The van der Waals surface area contributed by atoms with Crippen molar-refractivity contribution in [3.05, 3.63) is 41.6 Å². The summed E-state index contributed by atoms with van der Waals surface area (Å²) in [6.07, 6.45) is 0. The van der Waals surface area contributed by atoms with E-state index in [0.29, 0.717) is 6.54 Å². The van der Waals surface area contributed by atoms with Gasteiger partial charge >= 0.3 is 0 Å². The topological polar surface area (TPSA) is 23.8 Å². The smallest absolute Gasteiger partial charge is 0 e. The zero-order valence-corrected chi connectivity index (χ0v) is 9.40. The van der Waals surface area contributed by atoms with Crippen molar-refractivity contribution in [2.45, 2.75) is 19.3 Å². The first-order valence-electron chi connectivity index (χ1n) is 3.78. The van der Waals surface area contributed by atoms with E-state index in [-0.39, 0.29) is 31.3 Å². The molecule has 0 aliphatic rings. The zero-order chi connectivity index (χ0) is 8.32. The Balaban J connectivity index is 0.00000121. The molecule has 1 aromatic carbocycles. The molecule has 0 amide bonds. The molecular formula is C10H13NSc-2. The standard InChI is InChI=1S/C10H13N.Sc/c1-10(2,8-11)9-6-4-3-5-7-9;/h3-6,11H,8H2,1-2H3;/q-2;. The van der Waals surface area contributed by atoms with Crippen molar-refractivity contribution in [1.29, 1.82) is 0 Å². The van der Waals surface area contributed by atoms with Crippen molar-refractivity contribution in [3.63, 3.8) is 0 Å². The van der Waals surface area contributed by atoms with E-state index < -0.39 is 0 Å². The minimum absolute atomic E-state index is 0. The first kappa shape index (κ1) is 12.1. The molecule has 1 N–H and O–H groups in total. The molecule has 1 aromatic rings. The Morgan fingerprint density at radius 2 is 2.08 bits per heavy atom. The molecule has 0 aliphatic heterocycles. The van der Waals surface area contributed by atoms with Crippen LogP contribution in [0.5, 0.6) is 0 Å². The van der Waals surface area contributed by atoms with Gasteiger partial charge < -0.3 is 5.73 Å². The van der Waals surface area contributed by atoms with Gasteiger partial charge in [-0.25, -0.2) is 0 Å². The maximum atomic E-state index is 7.32. The van der Waals surface area contributed by atoms with E-state index in [2.05, 4.69) is 19.9 Å². The van der Waals surface area contributed by atoms with Gasteiger partial charge in [0.1, 0.15) is 0 Å². The van der Waals surface area contributed by atoms with Gasteiger partial charge in [-0.05, 0) is 0 Å². The molecule has 63 valence electrons. The Labute approximate surface area is 93.1 Å². The summed E-state index contributed by atoms with van der Waals surface area (Å²) in [6.45, 7) is 4.53. The van der Waals surface area contributed by atoms with Gasteiger partial charge in [0.25, 0.3) is 0 Å². The van der Waals surface area contributed by atoms with Crippen LogP contribution in [0.1, 0.15) is 19.4 Å². The molecule has 1 radical (unpaired) electrons. The monoisotopic (exact) mass is 192 g/mol. The van der Waals surface area contributed by atoms with Crippen molar-refractivity contribution in [2.24, 2.45) is 0 Å². The van der Waals surface area contributed by atoms with Gasteiger partial charge in [-0.2, -0.15) is 35.9 Å². The van der Waals surface area contributed by atoms with E-state index in [4.69, 9.17) is 5.73 Å². The molecule has 0 bridgehead atoms. The van der Waals surface area contributed by atoms with E-state index in [9.17, 15) is 0 Å². The second-order valence-corrected chi connectivity index (χ2v) is 3.34. The van der Waals surface area contributed by atoms with Crippen LogP contribution < -0.4 is 0 Å². The largest absolute Gasteiger partial charge is 0.677 e. The van der Waals surface area contributed by atoms with E-state index in [1.165, 1.54) is 0 Å². The summed E-state index contributed by atoms with van der Waals surface area (Å²) in [5, 5.41) is 0. The molecule has 0 aromatic heterocycles. The SMILES string of the molecule is CC(C)(C[NH-])c1[c-]cccc1.[Sc]. The molecule has 0 saturated carbocycles. The average Bonchev–Trinajstić information content (AvgIpc) is 2.06. The molecule has 0 unspecified atom stereocenters. The van der Waals surface area contributed by atoms with Gasteiger partial charge in [-0.15, -0.1) is 6.54 Å². The van der Waals surface area contributed by atoms with Gasteiger partial charge in [-0.3, -0.25) is 0 Å². The summed E-state index contributed by atoms with van der Waals surface area (Å²) < 4.78 is 0. The van der Waals surface area contributed by atoms with Crippen molar-refractivity contribution >= 4 is 0 Å². The summed E-state index contributed by atoms with van der Waals surface area (Å²) >= 11 is 0. The predicted octanol–water partition coefficient (Wildman–Crippen LogP) is 2.81. The van der Waals surface area contributed by atoms with Crippen LogP contribution in [0, 0.1) is 6.07 Å². The third-order valence-electron chi connectivity index (χ3n) is 1.88. The van der Waals surface area contributed by atoms with E-state index in [1.807, 2.05) is 24.3 Å². The fourth-order valence-corrected chi connectivity index (χ4v) is 0.910. The Morgan fingerprint density at radius 3 is 2.50 bits per heavy atom. The van der Waals surface area contributed by atoms with Crippen LogP contribution in [0.15, 0.2) is 24.3 Å². The maximum Gasteiger partial charge on any atom is 0 e. The first-order valence-corrected chi connectivity index (χ1v) is 3.78. The summed E-state index contributed by atoms with van der Waals surface area (Å²) in [5.41, 5.74) is 8.39. The Hall–Kier alpha value is 0.0501. The van der Waals surface area contributed by atoms with Crippen molar-refractivity contribution in [3.8, 4) is 0 Å². The Kier molecular flexibility index (Phi) is 4.95. The minimum Gasteiger partial charge on any atom is -0.677 e. The maximum absolute atomic E-state index is 7.32. The molecule has 2 heteroatoms. The van der Waals surface area contributed by atoms with Crippen LogP contribution >= 0.6 is 0 Å². The van der Waals surface area contributed by atoms with Gasteiger partial charge in [0.15, 0.2) is 0 Å². The number of rotatable bonds is 2. The van der Waals surface area contributed by atoms with Crippen molar-refractivity contribution in [2.75, 3.05) is 6.54 Å². The molecule has 12 heavy (non-hydrogen) atoms. The zero-order valence-electron chi connectivity index (χ0n) is 7.59. The molecule has 0 heterocycles. The van der Waals surface area contributed by atoms with Gasteiger partial charge in [-0.1, -0.05) is 19.3 Å². The van der Waals surface area contributed by atoms with Crippen LogP contribution in [-0.2, 0) is 31.3 Å². The van der Waals surface area contributed by atoms with Crippen LogP contribution in [0.3, 0.4) is 0 Å². The Bertz CT molecular complexity index is 219. The summed E-state index contributed by atoms with van der Waals surface area (Å²) in [6, 6.07) is 11.0. The summed E-state index contributed by atoms with van der Waals surface area (Å²) in [4.78, 5) is 0. The van der Waals surface area contributed by atoms with Gasteiger partial charge in [0, 0.05) is 25.8 Å². The minimum atomic E-state index is -0.0543. The van der Waals surface area contributed by atoms with Gasteiger partial charge in [0.2, 0.25) is 0 Å². The number of hydrogen-bond acceptors (Lipinski definition) is 0. The molecule has 1 nitrogen and oxygen atoms in total. The number of nitrogens with one attached hydrogen (secondary N) is 1. The van der Waals surface area contributed by atoms with Crippen LogP contribution in [0.4, 0.5) is 0 Å². The summed E-state index contributed by atoms with van der Waals surface area (Å²) in [5.74, 6) is 0. The normalized spacial score (nSPS) is 10.6. The fourth-order valence-electron chi connectivity index (χ4n) is 0.910. The molecule has 0 atom stereocenters. The number of benzene rings is 1. The third kappa shape index (κ3) is 2.83. The Morgan fingerprint density at radius 1 is 1.42 bits per heavy atom. The van der Waals surface area contributed by atoms with Crippen molar-refractivity contribution in [1.82, 2.24) is 0 Å². The second kappa shape index (κ2) is 4.93. The second-order valence-electron chi connectivity index (χ2n) is 3.34. The molecule has 0 spiro atoms. The van der Waals surface area contributed by atoms with E-state index in [1.54, 1.807) is 0 Å². The molecule has 1 rings (SSSR count). The fraction of sp³-hybridized carbons (Fsp3) is 0.400. The van der Waals surface area contributed by atoms with E-state index >= 15 is 0 Å². The predicted molar refractivity (Wildman–Crippen MR) is 47.5 cm³/mol. The van der Waals surface area contributed by atoms with Gasteiger partial charge in [0.05, 0.1) is 0 Å². The van der Waals surface area contributed by atoms with E-state index in [0.717, 1.165) is 5.56 Å². The first-order chi connectivity index (χ1) is 5.17.